The maximum absolute atomic E-state index is 13.1. The van der Waals surface area contributed by atoms with Gasteiger partial charge < -0.3 is 19.4 Å². The molecular formula is C21H33N3O2. The van der Waals surface area contributed by atoms with Crippen LogP contribution >= 0.6 is 0 Å². The third-order valence-corrected chi connectivity index (χ3v) is 6.01. The Kier molecular flexibility index (Phi) is 6.68. The number of nitrogens with zero attached hydrogens (tertiary/aromatic N) is 3. The summed E-state index contributed by atoms with van der Waals surface area (Å²) in [6.45, 7) is 7.90. The predicted molar refractivity (Wildman–Crippen MR) is 104 cm³/mol. The second kappa shape index (κ2) is 8.98. The third-order valence-electron chi connectivity index (χ3n) is 6.01. The number of piperazine rings is 1. The minimum absolute atomic E-state index is 0.0322. The van der Waals surface area contributed by atoms with Crippen molar-refractivity contribution in [2.24, 2.45) is 0 Å². The van der Waals surface area contributed by atoms with Crippen LogP contribution in [-0.2, 0) is 14.9 Å². The second-order valence-corrected chi connectivity index (χ2v) is 7.89. The number of likely N-dealkylation sites (N-methyl/N-ethyl adjacent to an activating group) is 1. The van der Waals surface area contributed by atoms with Gasteiger partial charge in [-0.15, -0.1) is 0 Å². The average molecular weight is 360 g/mol. The molecule has 0 amide bonds. The molecule has 2 aliphatic heterocycles. The number of rotatable bonds is 6. The summed E-state index contributed by atoms with van der Waals surface area (Å²) in [5.41, 5.74) is 0.638. The smallest absolute Gasteiger partial charge is 0.316 e. The number of likely N-dealkylation sites (tertiary alicyclic amines) is 1. The van der Waals surface area contributed by atoms with Crippen LogP contribution in [0.1, 0.15) is 24.8 Å². The normalized spacial score (nSPS) is 22.2. The topological polar surface area (TPSA) is 36.0 Å². The lowest BCUT2D eigenvalue weighted by Gasteiger charge is -2.39. The van der Waals surface area contributed by atoms with E-state index in [0.717, 1.165) is 70.6 Å². The second-order valence-electron chi connectivity index (χ2n) is 7.89. The van der Waals surface area contributed by atoms with E-state index in [1.165, 1.54) is 0 Å². The number of carbonyl (C=O) groups is 1. The van der Waals surface area contributed by atoms with Gasteiger partial charge in [-0.25, -0.2) is 0 Å². The van der Waals surface area contributed by atoms with Gasteiger partial charge in [-0.05, 0) is 52.0 Å². The summed E-state index contributed by atoms with van der Waals surface area (Å²) in [5.74, 6) is -0.0322. The van der Waals surface area contributed by atoms with Gasteiger partial charge in [0.1, 0.15) is 0 Å². The van der Waals surface area contributed by atoms with E-state index in [-0.39, 0.29) is 5.97 Å². The maximum atomic E-state index is 13.1. The standard InChI is InChI=1S/C21H33N3O2/c1-22-12-9-21(10-13-22,19-7-4-3-5-8-19)20(25)26-18-6-11-24-16-14-23(2)15-17-24/h3-5,7-8H,6,9-18H2,1-2H3. The lowest BCUT2D eigenvalue weighted by Crippen LogP contribution is -2.47. The molecule has 0 spiro atoms. The van der Waals surface area contributed by atoms with E-state index in [9.17, 15) is 4.79 Å². The van der Waals surface area contributed by atoms with Crippen molar-refractivity contribution in [2.75, 3.05) is 66.5 Å². The summed E-state index contributed by atoms with van der Waals surface area (Å²) in [7, 11) is 4.29. The van der Waals surface area contributed by atoms with Crippen LogP contribution in [0.15, 0.2) is 30.3 Å². The van der Waals surface area contributed by atoms with E-state index in [2.05, 4.69) is 40.9 Å². The van der Waals surface area contributed by atoms with Crippen molar-refractivity contribution in [2.45, 2.75) is 24.7 Å². The SMILES string of the molecule is CN1CCN(CCCOC(=O)C2(c3ccccc3)CCN(C)CC2)CC1. The first-order chi connectivity index (χ1) is 12.6. The van der Waals surface area contributed by atoms with Gasteiger partial charge in [-0.1, -0.05) is 30.3 Å². The van der Waals surface area contributed by atoms with E-state index < -0.39 is 5.41 Å². The summed E-state index contributed by atoms with van der Waals surface area (Å²) < 4.78 is 5.79. The Morgan fingerprint density at radius 3 is 2.23 bits per heavy atom. The molecule has 0 aliphatic carbocycles. The van der Waals surface area contributed by atoms with Crippen LogP contribution in [0.4, 0.5) is 0 Å². The lowest BCUT2D eigenvalue weighted by molar-refractivity contribution is -0.153. The van der Waals surface area contributed by atoms with Crippen molar-refractivity contribution < 1.29 is 9.53 Å². The largest absolute Gasteiger partial charge is 0.465 e. The molecule has 144 valence electrons. The van der Waals surface area contributed by atoms with Crippen molar-refractivity contribution in [3.63, 3.8) is 0 Å². The van der Waals surface area contributed by atoms with Crippen LogP contribution in [0.3, 0.4) is 0 Å². The minimum Gasteiger partial charge on any atom is -0.465 e. The number of esters is 1. The summed E-state index contributed by atoms with van der Waals surface area (Å²) in [5, 5.41) is 0. The number of hydrogen-bond donors (Lipinski definition) is 0. The molecule has 0 unspecified atom stereocenters. The zero-order valence-electron chi connectivity index (χ0n) is 16.3. The number of hydrogen-bond acceptors (Lipinski definition) is 5. The Labute approximate surface area is 157 Å². The van der Waals surface area contributed by atoms with E-state index in [0.29, 0.717) is 6.61 Å². The van der Waals surface area contributed by atoms with Crippen molar-refractivity contribution in [1.29, 1.82) is 0 Å². The number of piperidine rings is 1. The van der Waals surface area contributed by atoms with Crippen molar-refractivity contribution in [3.05, 3.63) is 35.9 Å². The minimum atomic E-state index is -0.471. The van der Waals surface area contributed by atoms with Crippen LogP contribution in [0, 0.1) is 0 Å². The van der Waals surface area contributed by atoms with E-state index in [1.54, 1.807) is 0 Å². The maximum Gasteiger partial charge on any atom is 0.316 e. The summed E-state index contributed by atoms with van der Waals surface area (Å²) in [6.07, 6.45) is 2.59. The fraction of sp³-hybridized carbons (Fsp3) is 0.667. The Bertz CT molecular complexity index is 562. The molecule has 3 rings (SSSR count). The zero-order valence-corrected chi connectivity index (χ0v) is 16.3. The van der Waals surface area contributed by atoms with E-state index >= 15 is 0 Å². The number of benzene rings is 1. The van der Waals surface area contributed by atoms with Crippen LogP contribution in [0.25, 0.3) is 0 Å². The molecule has 26 heavy (non-hydrogen) atoms. The van der Waals surface area contributed by atoms with Crippen molar-refractivity contribution in [3.8, 4) is 0 Å². The van der Waals surface area contributed by atoms with Crippen molar-refractivity contribution >= 4 is 5.97 Å². The fourth-order valence-electron chi connectivity index (χ4n) is 4.03. The Morgan fingerprint density at radius 1 is 0.962 bits per heavy atom. The van der Waals surface area contributed by atoms with Gasteiger partial charge in [-0.3, -0.25) is 4.79 Å². The molecule has 2 fully saturated rings. The van der Waals surface area contributed by atoms with Crippen LogP contribution in [-0.4, -0.2) is 87.2 Å². The summed E-state index contributed by atoms with van der Waals surface area (Å²) in [6, 6.07) is 10.2. The molecule has 0 saturated carbocycles. The first kappa shape index (κ1) is 19.3. The van der Waals surface area contributed by atoms with Gasteiger partial charge in [0.2, 0.25) is 0 Å². The highest BCUT2D eigenvalue weighted by Crippen LogP contribution is 2.36. The molecule has 1 aromatic carbocycles. The van der Waals surface area contributed by atoms with Gasteiger partial charge in [0.25, 0.3) is 0 Å². The average Bonchev–Trinajstić information content (AvgIpc) is 2.68. The highest BCUT2D eigenvalue weighted by Gasteiger charge is 2.43. The van der Waals surface area contributed by atoms with Crippen LogP contribution in [0.2, 0.25) is 0 Å². The summed E-state index contributed by atoms with van der Waals surface area (Å²) in [4.78, 5) is 20.2. The molecular weight excluding hydrogens is 326 g/mol. The zero-order chi connectivity index (χ0) is 18.4. The first-order valence-corrected chi connectivity index (χ1v) is 9.92. The molecule has 0 aromatic heterocycles. The molecule has 0 radical (unpaired) electrons. The molecule has 0 bridgehead atoms. The number of carbonyl (C=O) groups excluding carboxylic acids is 1. The molecule has 5 heteroatoms. The molecule has 5 nitrogen and oxygen atoms in total. The van der Waals surface area contributed by atoms with Crippen molar-refractivity contribution in [1.82, 2.24) is 14.7 Å². The third kappa shape index (κ3) is 4.64. The Morgan fingerprint density at radius 2 is 1.58 bits per heavy atom. The molecule has 2 saturated heterocycles. The predicted octanol–water partition coefficient (Wildman–Crippen LogP) is 1.83. The van der Waals surface area contributed by atoms with Gasteiger partial charge in [0.15, 0.2) is 0 Å². The molecule has 0 N–H and O–H groups in total. The highest BCUT2D eigenvalue weighted by molar-refractivity contribution is 5.83. The summed E-state index contributed by atoms with van der Waals surface area (Å²) >= 11 is 0. The van der Waals surface area contributed by atoms with E-state index in [4.69, 9.17) is 4.74 Å². The molecule has 1 aromatic rings. The number of ether oxygens (including phenoxy) is 1. The Hall–Kier alpha value is -1.43. The van der Waals surface area contributed by atoms with Gasteiger partial charge in [0, 0.05) is 32.7 Å². The van der Waals surface area contributed by atoms with E-state index in [1.807, 2.05) is 18.2 Å². The van der Waals surface area contributed by atoms with Gasteiger partial charge in [-0.2, -0.15) is 0 Å². The van der Waals surface area contributed by atoms with Gasteiger partial charge in [0.05, 0.1) is 12.0 Å². The monoisotopic (exact) mass is 359 g/mol. The van der Waals surface area contributed by atoms with Gasteiger partial charge >= 0.3 is 5.97 Å². The Balaban J connectivity index is 1.53. The fourth-order valence-corrected chi connectivity index (χ4v) is 4.03. The van der Waals surface area contributed by atoms with Crippen LogP contribution in [0.5, 0.6) is 0 Å². The quantitative estimate of drug-likeness (QED) is 0.572. The first-order valence-electron chi connectivity index (χ1n) is 9.92. The highest BCUT2D eigenvalue weighted by atomic mass is 16.5. The molecule has 2 aliphatic rings. The lowest BCUT2D eigenvalue weighted by atomic mass is 9.73. The molecule has 0 atom stereocenters. The molecule has 2 heterocycles. The van der Waals surface area contributed by atoms with Crippen LogP contribution < -0.4 is 0 Å².